The summed E-state index contributed by atoms with van der Waals surface area (Å²) in [4.78, 5) is 18.9. The molecule has 0 N–H and O–H groups in total. The molecule has 1 saturated heterocycles. The van der Waals surface area contributed by atoms with Gasteiger partial charge in [-0.1, -0.05) is 6.07 Å². The third-order valence-electron chi connectivity index (χ3n) is 5.08. The average molecular weight is 356 g/mol. The summed E-state index contributed by atoms with van der Waals surface area (Å²) in [7, 11) is 1.64. The molecular weight excluding hydrogens is 332 g/mol. The van der Waals surface area contributed by atoms with Crippen molar-refractivity contribution in [3.8, 4) is 11.5 Å². The van der Waals surface area contributed by atoms with Crippen LogP contribution < -0.4 is 9.47 Å². The number of likely N-dealkylation sites (tertiary alicyclic amines) is 1. The first-order valence-electron chi connectivity index (χ1n) is 9.24. The van der Waals surface area contributed by atoms with E-state index in [1.807, 2.05) is 29.2 Å². The highest BCUT2D eigenvalue weighted by molar-refractivity contribution is 5.93. The van der Waals surface area contributed by atoms with Gasteiger partial charge in [0.1, 0.15) is 17.3 Å². The minimum absolute atomic E-state index is 0.00766. The van der Waals surface area contributed by atoms with E-state index in [4.69, 9.17) is 13.9 Å². The largest absolute Gasteiger partial charge is 0.497 e. The Balaban J connectivity index is 1.36. The van der Waals surface area contributed by atoms with Gasteiger partial charge in [-0.15, -0.1) is 0 Å². The predicted molar refractivity (Wildman–Crippen MR) is 95.6 cm³/mol. The van der Waals surface area contributed by atoms with E-state index in [0.29, 0.717) is 30.7 Å². The molecule has 2 aromatic rings. The number of piperidine rings is 1. The minimum Gasteiger partial charge on any atom is -0.497 e. The molecule has 1 atom stereocenters. The zero-order valence-corrected chi connectivity index (χ0v) is 15.0. The molecule has 0 spiro atoms. The van der Waals surface area contributed by atoms with Crippen LogP contribution in [0.4, 0.5) is 0 Å². The van der Waals surface area contributed by atoms with Crippen molar-refractivity contribution in [1.82, 2.24) is 9.88 Å². The fourth-order valence-electron chi connectivity index (χ4n) is 3.49. The van der Waals surface area contributed by atoms with Gasteiger partial charge in [-0.05, 0) is 37.8 Å². The van der Waals surface area contributed by atoms with Gasteiger partial charge < -0.3 is 18.8 Å². The van der Waals surface area contributed by atoms with E-state index in [1.165, 1.54) is 6.39 Å². The standard InChI is InChI=1S/C20H24N2O4/c1-24-16-5-2-6-17(10-16)25-12-14-4-3-9-22(11-14)20(23)18-19(15-7-8-15)26-13-21-18/h2,5-6,10,13-15H,3-4,7-9,11-12H2,1H3/t14-/m1/s1. The van der Waals surface area contributed by atoms with Gasteiger partial charge in [0.05, 0.1) is 13.7 Å². The molecule has 1 aromatic carbocycles. The van der Waals surface area contributed by atoms with Gasteiger partial charge in [0, 0.05) is 31.0 Å². The number of amides is 1. The fraction of sp³-hybridized carbons (Fsp3) is 0.500. The number of hydrogen-bond acceptors (Lipinski definition) is 5. The van der Waals surface area contributed by atoms with Crippen LogP contribution in [0.5, 0.6) is 11.5 Å². The second-order valence-corrected chi connectivity index (χ2v) is 7.09. The van der Waals surface area contributed by atoms with E-state index in [-0.39, 0.29) is 5.91 Å². The Morgan fingerprint density at radius 2 is 2.15 bits per heavy atom. The number of ether oxygens (including phenoxy) is 2. The molecule has 0 radical (unpaired) electrons. The van der Waals surface area contributed by atoms with E-state index in [9.17, 15) is 4.79 Å². The monoisotopic (exact) mass is 356 g/mol. The number of carbonyl (C=O) groups excluding carboxylic acids is 1. The SMILES string of the molecule is COc1cccc(OC[C@@H]2CCCN(C(=O)c3ncoc3C3CC3)C2)c1. The number of aromatic nitrogens is 1. The average Bonchev–Trinajstić information content (AvgIpc) is 3.42. The van der Waals surface area contributed by atoms with E-state index < -0.39 is 0 Å². The molecule has 2 aliphatic rings. The number of nitrogens with zero attached hydrogens (tertiary/aromatic N) is 2. The lowest BCUT2D eigenvalue weighted by Gasteiger charge is -2.32. The van der Waals surface area contributed by atoms with Gasteiger partial charge in [0.2, 0.25) is 0 Å². The molecule has 0 bridgehead atoms. The quantitative estimate of drug-likeness (QED) is 0.793. The number of carbonyl (C=O) groups is 1. The molecule has 2 fully saturated rings. The van der Waals surface area contributed by atoms with Crippen LogP contribution in [0.3, 0.4) is 0 Å². The molecule has 26 heavy (non-hydrogen) atoms. The van der Waals surface area contributed by atoms with Crippen LogP contribution in [0.15, 0.2) is 35.1 Å². The maximum atomic E-state index is 12.9. The summed E-state index contributed by atoms with van der Waals surface area (Å²) in [5.74, 6) is 3.03. The van der Waals surface area contributed by atoms with Gasteiger partial charge in [0.15, 0.2) is 12.1 Å². The Morgan fingerprint density at radius 1 is 1.31 bits per heavy atom. The summed E-state index contributed by atoms with van der Waals surface area (Å²) in [6, 6.07) is 7.60. The molecule has 1 amide bonds. The molecule has 2 heterocycles. The summed E-state index contributed by atoms with van der Waals surface area (Å²) >= 11 is 0. The Kier molecular flexibility index (Phi) is 4.82. The van der Waals surface area contributed by atoms with Crippen molar-refractivity contribution in [2.45, 2.75) is 31.6 Å². The number of benzene rings is 1. The van der Waals surface area contributed by atoms with Crippen LogP contribution in [-0.2, 0) is 0 Å². The number of hydrogen-bond donors (Lipinski definition) is 0. The van der Waals surface area contributed by atoms with Crippen LogP contribution in [0.1, 0.15) is 47.8 Å². The molecule has 1 aromatic heterocycles. The molecule has 1 saturated carbocycles. The van der Waals surface area contributed by atoms with Crippen molar-refractivity contribution >= 4 is 5.91 Å². The summed E-state index contributed by atoms with van der Waals surface area (Å²) < 4.78 is 16.6. The minimum atomic E-state index is -0.00766. The van der Waals surface area contributed by atoms with E-state index in [2.05, 4.69) is 4.98 Å². The second-order valence-electron chi connectivity index (χ2n) is 7.09. The summed E-state index contributed by atoms with van der Waals surface area (Å²) in [5.41, 5.74) is 0.502. The molecule has 6 nitrogen and oxygen atoms in total. The Hall–Kier alpha value is -2.50. The molecular formula is C20H24N2O4. The van der Waals surface area contributed by atoms with E-state index in [1.54, 1.807) is 7.11 Å². The lowest BCUT2D eigenvalue weighted by molar-refractivity contribution is 0.0626. The highest BCUT2D eigenvalue weighted by Crippen LogP contribution is 2.41. The Morgan fingerprint density at radius 3 is 2.96 bits per heavy atom. The van der Waals surface area contributed by atoms with Crippen molar-refractivity contribution in [3.05, 3.63) is 42.1 Å². The Bertz CT molecular complexity index is 769. The van der Waals surface area contributed by atoms with Gasteiger partial charge in [-0.2, -0.15) is 0 Å². The topological polar surface area (TPSA) is 64.8 Å². The van der Waals surface area contributed by atoms with Gasteiger partial charge in [-0.3, -0.25) is 4.79 Å². The molecule has 1 aliphatic carbocycles. The van der Waals surface area contributed by atoms with Crippen molar-refractivity contribution in [3.63, 3.8) is 0 Å². The van der Waals surface area contributed by atoms with Crippen LogP contribution in [-0.4, -0.2) is 42.6 Å². The smallest absolute Gasteiger partial charge is 0.276 e. The third kappa shape index (κ3) is 3.69. The van der Waals surface area contributed by atoms with Crippen LogP contribution in [0.2, 0.25) is 0 Å². The van der Waals surface area contributed by atoms with Gasteiger partial charge in [-0.25, -0.2) is 4.98 Å². The van der Waals surface area contributed by atoms with Crippen molar-refractivity contribution < 1.29 is 18.7 Å². The molecule has 0 unspecified atom stereocenters. The first-order chi connectivity index (χ1) is 12.7. The van der Waals surface area contributed by atoms with Crippen LogP contribution >= 0.6 is 0 Å². The molecule has 4 rings (SSSR count). The van der Waals surface area contributed by atoms with Gasteiger partial charge in [0.25, 0.3) is 5.91 Å². The van der Waals surface area contributed by atoms with Gasteiger partial charge >= 0.3 is 0 Å². The third-order valence-corrected chi connectivity index (χ3v) is 5.08. The number of methoxy groups -OCH3 is 1. The Labute approximate surface area is 153 Å². The lowest BCUT2D eigenvalue weighted by Crippen LogP contribution is -2.42. The summed E-state index contributed by atoms with van der Waals surface area (Å²) in [6.07, 6.45) is 5.61. The van der Waals surface area contributed by atoms with Crippen LogP contribution in [0, 0.1) is 5.92 Å². The zero-order chi connectivity index (χ0) is 17.9. The lowest BCUT2D eigenvalue weighted by atomic mass is 9.98. The summed E-state index contributed by atoms with van der Waals surface area (Å²) in [6.45, 7) is 2.05. The maximum Gasteiger partial charge on any atom is 0.276 e. The molecule has 6 heteroatoms. The molecule has 138 valence electrons. The first-order valence-corrected chi connectivity index (χ1v) is 9.24. The molecule has 1 aliphatic heterocycles. The highest BCUT2D eigenvalue weighted by Gasteiger charge is 2.35. The maximum absolute atomic E-state index is 12.9. The summed E-state index contributed by atoms with van der Waals surface area (Å²) in [5, 5.41) is 0. The van der Waals surface area contributed by atoms with Crippen LogP contribution in [0.25, 0.3) is 0 Å². The second kappa shape index (κ2) is 7.40. The van der Waals surface area contributed by atoms with Crippen molar-refractivity contribution in [2.24, 2.45) is 5.92 Å². The van der Waals surface area contributed by atoms with Crippen molar-refractivity contribution in [2.75, 3.05) is 26.8 Å². The predicted octanol–water partition coefficient (Wildman–Crippen LogP) is 3.49. The fourth-order valence-corrected chi connectivity index (χ4v) is 3.49. The van der Waals surface area contributed by atoms with Crippen molar-refractivity contribution in [1.29, 1.82) is 0 Å². The van der Waals surface area contributed by atoms with E-state index in [0.717, 1.165) is 49.5 Å². The highest BCUT2D eigenvalue weighted by atomic mass is 16.5. The zero-order valence-electron chi connectivity index (χ0n) is 15.0. The number of oxazole rings is 1. The normalized spacial score (nSPS) is 20.0. The first kappa shape index (κ1) is 16.9. The van der Waals surface area contributed by atoms with E-state index >= 15 is 0 Å². The number of rotatable bonds is 6.